The summed E-state index contributed by atoms with van der Waals surface area (Å²) in [4.78, 5) is 2.60. The molecule has 1 rings (SSSR count). The van der Waals surface area contributed by atoms with Gasteiger partial charge in [0.05, 0.1) is 0 Å². The van der Waals surface area contributed by atoms with Gasteiger partial charge in [-0.25, -0.2) is 0 Å². The van der Waals surface area contributed by atoms with Gasteiger partial charge in [0.1, 0.15) is 0 Å². The quantitative estimate of drug-likeness (QED) is 0.645. The highest BCUT2D eigenvalue weighted by molar-refractivity contribution is 4.85. The molecule has 0 aromatic rings. The second kappa shape index (κ2) is 8.04. The molecule has 0 spiro atoms. The lowest BCUT2D eigenvalue weighted by Crippen LogP contribution is -2.41. The zero-order valence-corrected chi connectivity index (χ0v) is 11.0. The largest absolute Gasteiger partial charge is 0.382 e. The first-order chi connectivity index (χ1) is 7.83. The van der Waals surface area contributed by atoms with Gasteiger partial charge in [-0.15, -0.1) is 0 Å². The predicted octanol–water partition coefficient (Wildman–Crippen LogP) is 1.86. The summed E-state index contributed by atoms with van der Waals surface area (Å²) in [5, 5.41) is 0. The molecular formula is C13H28N2O. The van der Waals surface area contributed by atoms with Crippen molar-refractivity contribution in [3.63, 3.8) is 0 Å². The fourth-order valence-electron chi connectivity index (χ4n) is 2.85. The molecule has 1 aliphatic rings. The molecule has 3 nitrogen and oxygen atoms in total. The highest BCUT2D eigenvalue weighted by Crippen LogP contribution is 2.29. The van der Waals surface area contributed by atoms with E-state index in [2.05, 4.69) is 18.7 Å². The third kappa shape index (κ3) is 4.04. The number of nitrogens with two attached hydrogens (primary N) is 1. The van der Waals surface area contributed by atoms with Crippen molar-refractivity contribution < 1.29 is 4.74 Å². The van der Waals surface area contributed by atoms with Crippen LogP contribution in [-0.4, -0.2) is 43.8 Å². The van der Waals surface area contributed by atoms with Crippen LogP contribution in [0.5, 0.6) is 0 Å². The van der Waals surface area contributed by atoms with Crippen molar-refractivity contribution in [2.24, 2.45) is 11.7 Å². The SMILES string of the molecule is CCOCCCN(CC)C1CCCC1CN. The first-order valence-corrected chi connectivity index (χ1v) is 6.85. The van der Waals surface area contributed by atoms with E-state index in [1.54, 1.807) is 0 Å². The normalized spacial score (nSPS) is 25.5. The van der Waals surface area contributed by atoms with Gasteiger partial charge in [-0.1, -0.05) is 13.3 Å². The predicted molar refractivity (Wildman–Crippen MR) is 68.5 cm³/mol. The summed E-state index contributed by atoms with van der Waals surface area (Å²) in [7, 11) is 0. The van der Waals surface area contributed by atoms with Gasteiger partial charge in [-0.3, -0.25) is 0 Å². The van der Waals surface area contributed by atoms with Crippen LogP contribution in [0.15, 0.2) is 0 Å². The van der Waals surface area contributed by atoms with Crippen LogP contribution in [0.25, 0.3) is 0 Å². The van der Waals surface area contributed by atoms with Crippen molar-refractivity contribution in [3.8, 4) is 0 Å². The van der Waals surface area contributed by atoms with Gasteiger partial charge in [0.2, 0.25) is 0 Å². The molecule has 3 heteroatoms. The van der Waals surface area contributed by atoms with Crippen molar-refractivity contribution in [2.45, 2.75) is 45.6 Å². The fraction of sp³-hybridized carbons (Fsp3) is 1.00. The second-order valence-electron chi connectivity index (χ2n) is 4.67. The molecule has 1 saturated carbocycles. The minimum atomic E-state index is 0.729. The van der Waals surface area contributed by atoms with Crippen molar-refractivity contribution in [3.05, 3.63) is 0 Å². The van der Waals surface area contributed by atoms with Crippen LogP contribution in [0.2, 0.25) is 0 Å². The number of hydrogen-bond donors (Lipinski definition) is 1. The molecule has 2 atom stereocenters. The number of nitrogens with zero attached hydrogens (tertiary/aromatic N) is 1. The van der Waals surface area contributed by atoms with E-state index in [0.29, 0.717) is 0 Å². The molecule has 1 fully saturated rings. The van der Waals surface area contributed by atoms with Crippen LogP contribution >= 0.6 is 0 Å². The molecule has 0 radical (unpaired) electrons. The summed E-state index contributed by atoms with van der Waals surface area (Å²) < 4.78 is 5.39. The summed E-state index contributed by atoms with van der Waals surface area (Å²) in [6.07, 6.45) is 5.16. The average molecular weight is 228 g/mol. The van der Waals surface area contributed by atoms with Gasteiger partial charge < -0.3 is 15.4 Å². The lowest BCUT2D eigenvalue weighted by Gasteiger charge is -2.31. The second-order valence-corrected chi connectivity index (χ2v) is 4.67. The first kappa shape index (κ1) is 13.9. The minimum Gasteiger partial charge on any atom is -0.382 e. The Bertz CT molecular complexity index is 175. The summed E-state index contributed by atoms with van der Waals surface area (Å²) >= 11 is 0. The Kier molecular flexibility index (Phi) is 7.01. The molecule has 1 aliphatic carbocycles. The topological polar surface area (TPSA) is 38.5 Å². The molecule has 2 unspecified atom stereocenters. The highest BCUT2D eigenvalue weighted by atomic mass is 16.5. The van der Waals surface area contributed by atoms with Crippen molar-refractivity contribution in [1.82, 2.24) is 4.90 Å². The molecule has 0 aliphatic heterocycles. The van der Waals surface area contributed by atoms with Gasteiger partial charge in [0.15, 0.2) is 0 Å². The third-order valence-corrected chi connectivity index (χ3v) is 3.74. The van der Waals surface area contributed by atoms with E-state index < -0.39 is 0 Å². The first-order valence-electron chi connectivity index (χ1n) is 6.85. The van der Waals surface area contributed by atoms with Crippen LogP contribution in [0.1, 0.15) is 39.5 Å². The Morgan fingerprint density at radius 2 is 2.12 bits per heavy atom. The third-order valence-electron chi connectivity index (χ3n) is 3.74. The van der Waals surface area contributed by atoms with Gasteiger partial charge in [-0.2, -0.15) is 0 Å². The van der Waals surface area contributed by atoms with Crippen molar-refractivity contribution in [2.75, 3.05) is 32.8 Å². The van der Waals surface area contributed by atoms with Crippen LogP contribution in [0.4, 0.5) is 0 Å². The Labute approximate surface area is 100 Å². The van der Waals surface area contributed by atoms with E-state index in [-0.39, 0.29) is 0 Å². The van der Waals surface area contributed by atoms with E-state index in [1.807, 2.05) is 0 Å². The minimum absolute atomic E-state index is 0.729. The maximum Gasteiger partial charge on any atom is 0.0478 e. The highest BCUT2D eigenvalue weighted by Gasteiger charge is 2.29. The van der Waals surface area contributed by atoms with Gasteiger partial charge in [0.25, 0.3) is 0 Å². The lowest BCUT2D eigenvalue weighted by molar-refractivity contribution is 0.114. The Balaban J connectivity index is 2.29. The van der Waals surface area contributed by atoms with E-state index in [9.17, 15) is 0 Å². The monoisotopic (exact) mass is 228 g/mol. The molecule has 96 valence electrons. The van der Waals surface area contributed by atoms with Crippen molar-refractivity contribution >= 4 is 0 Å². The average Bonchev–Trinajstić information content (AvgIpc) is 2.77. The van der Waals surface area contributed by atoms with Gasteiger partial charge in [-0.05, 0) is 45.2 Å². The Hall–Kier alpha value is -0.120. The van der Waals surface area contributed by atoms with Crippen LogP contribution in [-0.2, 0) is 4.74 Å². The molecule has 0 amide bonds. The van der Waals surface area contributed by atoms with Crippen LogP contribution < -0.4 is 5.73 Å². The lowest BCUT2D eigenvalue weighted by atomic mass is 10.0. The summed E-state index contributed by atoms with van der Waals surface area (Å²) in [5.41, 5.74) is 5.84. The molecule has 0 saturated heterocycles. The zero-order chi connectivity index (χ0) is 11.8. The van der Waals surface area contributed by atoms with Crippen molar-refractivity contribution in [1.29, 1.82) is 0 Å². The Morgan fingerprint density at radius 1 is 1.31 bits per heavy atom. The maximum absolute atomic E-state index is 5.84. The van der Waals surface area contributed by atoms with Gasteiger partial charge >= 0.3 is 0 Å². The summed E-state index contributed by atoms with van der Waals surface area (Å²) in [6.45, 7) is 9.21. The molecule has 0 aromatic carbocycles. The Morgan fingerprint density at radius 3 is 2.75 bits per heavy atom. The number of rotatable bonds is 8. The smallest absolute Gasteiger partial charge is 0.0478 e. The molecule has 0 aromatic heterocycles. The summed E-state index contributed by atoms with van der Waals surface area (Å²) in [6, 6.07) is 0.733. The number of hydrogen-bond acceptors (Lipinski definition) is 3. The fourth-order valence-corrected chi connectivity index (χ4v) is 2.85. The molecular weight excluding hydrogens is 200 g/mol. The molecule has 16 heavy (non-hydrogen) atoms. The number of ether oxygens (including phenoxy) is 1. The standard InChI is InChI=1S/C13H28N2O/c1-3-15(9-6-10-16-4-2)13-8-5-7-12(13)11-14/h12-13H,3-11,14H2,1-2H3. The molecule has 0 bridgehead atoms. The summed E-state index contributed by atoms with van der Waals surface area (Å²) in [5.74, 6) is 0.729. The molecule has 2 N–H and O–H groups in total. The van der Waals surface area contributed by atoms with Gasteiger partial charge in [0, 0.05) is 25.8 Å². The van der Waals surface area contributed by atoms with E-state index in [4.69, 9.17) is 10.5 Å². The van der Waals surface area contributed by atoms with Crippen LogP contribution in [0, 0.1) is 5.92 Å². The maximum atomic E-state index is 5.84. The molecule has 0 heterocycles. The van der Waals surface area contributed by atoms with E-state index >= 15 is 0 Å². The van der Waals surface area contributed by atoms with Crippen LogP contribution in [0.3, 0.4) is 0 Å². The zero-order valence-electron chi connectivity index (χ0n) is 11.0. The van der Waals surface area contributed by atoms with E-state index in [1.165, 1.54) is 19.3 Å². The van der Waals surface area contributed by atoms with E-state index in [0.717, 1.165) is 51.2 Å².